The Morgan fingerprint density at radius 3 is 2.88 bits per heavy atom. The highest BCUT2D eigenvalue weighted by molar-refractivity contribution is 8.06. The predicted molar refractivity (Wildman–Crippen MR) is 78.4 cm³/mol. The second-order valence-electron chi connectivity index (χ2n) is 3.93. The van der Waals surface area contributed by atoms with Crippen LogP contribution in [-0.2, 0) is 0 Å². The Hall–Kier alpha value is -0.320. The molecule has 1 atom stereocenters. The first-order chi connectivity index (χ1) is 8.45. The van der Waals surface area contributed by atoms with Gasteiger partial charge in [0.2, 0.25) is 0 Å². The van der Waals surface area contributed by atoms with Gasteiger partial charge in [0.1, 0.15) is 12.4 Å². The molecular formula is C13H19NOS2. The molecule has 0 amide bonds. The van der Waals surface area contributed by atoms with Crippen molar-refractivity contribution in [3.05, 3.63) is 30.3 Å². The summed E-state index contributed by atoms with van der Waals surface area (Å²) in [6.45, 7) is 2.78. The maximum Gasteiger partial charge on any atom is 0.119 e. The smallest absolute Gasteiger partial charge is 0.119 e. The summed E-state index contributed by atoms with van der Waals surface area (Å²) in [6.07, 6.45) is 0. The quantitative estimate of drug-likeness (QED) is 0.801. The first-order valence-corrected chi connectivity index (χ1v) is 8.23. The molecule has 1 aliphatic heterocycles. The van der Waals surface area contributed by atoms with E-state index >= 15 is 0 Å². The Kier molecular flexibility index (Phi) is 6.10. The van der Waals surface area contributed by atoms with E-state index in [0.29, 0.717) is 0 Å². The first-order valence-electron chi connectivity index (χ1n) is 6.03. The van der Waals surface area contributed by atoms with Crippen LogP contribution in [-0.4, -0.2) is 42.2 Å². The van der Waals surface area contributed by atoms with Gasteiger partial charge in [-0.1, -0.05) is 18.2 Å². The van der Waals surface area contributed by atoms with Gasteiger partial charge in [0.05, 0.1) is 0 Å². The molecule has 0 spiro atoms. The molecule has 4 heteroatoms. The molecule has 2 nitrogen and oxygen atoms in total. The summed E-state index contributed by atoms with van der Waals surface area (Å²) < 4.78 is 5.62. The minimum atomic E-state index is 0.745. The summed E-state index contributed by atoms with van der Waals surface area (Å²) in [6, 6.07) is 9.99. The molecule has 0 saturated carbocycles. The second-order valence-corrected chi connectivity index (χ2v) is 6.49. The number of thioether (sulfide) groups is 2. The van der Waals surface area contributed by atoms with Crippen LogP contribution in [0.5, 0.6) is 5.75 Å². The zero-order chi connectivity index (χ0) is 11.8. The molecule has 0 radical (unpaired) electrons. The summed E-state index contributed by atoms with van der Waals surface area (Å²) in [5, 5.41) is 4.25. The largest absolute Gasteiger partial charge is 0.492 e. The zero-order valence-corrected chi connectivity index (χ0v) is 11.6. The average Bonchev–Trinajstić information content (AvgIpc) is 2.41. The summed E-state index contributed by atoms with van der Waals surface area (Å²) in [5.41, 5.74) is 0. The minimum absolute atomic E-state index is 0.745. The highest BCUT2D eigenvalue weighted by atomic mass is 32.2. The van der Waals surface area contributed by atoms with Gasteiger partial charge in [-0.05, 0) is 12.1 Å². The van der Waals surface area contributed by atoms with Gasteiger partial charge in [-0.2, -0.15) is 23.5 Å². The van der Waals surface area contributed by atoms with Gasteiger partial charge in [0, 0.05) is 35.6 Å². The summed E-state index contributed by atoms with van der Waals surface area (Å²) in [7, 11) is 0. The van der Waals surface area contributed by atoms with E-state index in [2.05, 4.69) is 28.8 Å². The maximum absolute atomic E-state index is 5.62. The van der Waals surface area contributed by atoms with E-state index in [4.69, 9.17) is 4.74 Å². The van der Waals surface area contributed by atoms with Crippen molar-refractivity contribution >= 4 is 23.5 Å². The molecule has 1 aromatic carbocycles. The fourth-order valence-corrected chi connectivity index (χ4v) is 4.32. The molecule has 1 heterocycles. The van der Waals surface area contributed by atoms with Crippen LogP contribution in [0.3, 0.4) is 0 Å². The van der Waals surface area contributed by atoms with Crippen LogP contribution >= 0.6 is 23.5 Å². The number of rotatable bonds is 6. The van der Waals surface area contributed by atoms with Gasteiger partial charge in [-0.3, -0.25) is 0 Å². The standard InChI is InChI=1S/C13H19NOS2/c1-2-4-12(5-3-1)15-7-6-14-10-13-11-16-8-9-17-13/h1-5,13-14H,6-11H2. The summed E-state index contributed by atoms with van der Waals surface area (Å²) in [4.78, 5) is 0. The van der Waals surface area contributed by atoms with Crippen molar-refractivity contribution in [2.75, 3.05) is 37.0 Å². The lowest BCUT2D eigenvalue weighted by Crippen LogP contribution is -2.31. The molecule has 2 rings (SSSR count). The molecule has 1 aromatic rings. The third-order valence-electron chi connectivity index (χ3n) is 2.55. The van der Waals surface area contributed by atoms with E-state index in [9.17, 15) is 0 Å². The Labute approximate surface area is 112 Å². The van der Waals surface area contributed by atoms with Crippen molar-refractivity contribution in [2.24, 2.45) is 0 Å². The van der Waals surface area contributed by atoms with E-state index in [1.54, 1.807) is 0 Å². The monoisotopic (exact) mass is 269 g/mol. The Morgan fingerprint density at radius 1 is 1.24 bits per heavy atom. The number of hydrogen-bond donors (Lipinski definition) is 1. The number of para-hydroxylation sites is 1. The number of nitrogens with one attached hydrogen (secondary N) is 1. The Morgan fingerprint density at radius 2 is 2.12 bits per heavy atom. The van der Waals surface area contributed by atoms with Crippen LogP contribution < -0.4 is 10.1 Å². The predicted octanol–water partition coefficient (Wildman–Crippen LogP) is 2.50. The molecule has 1 fully saturated rings. The van der Waals surface area contributed by atoms with Crippen LogP contribution in [0, 0.1) is 0 Å². The number of ether oxygens (including phenoxy) is 1. The van der Waals surface area contributed by atoms with Gasteiger partial charge in [-0.25, -0.2) is 0 Å². The molecule has 94 valence electrons. The average molecular weight is 269 g/mol. The number of benzene rings is 1. The minimum Gasteiger partial charge on any atom is -0.492 e. The molecule has 0 aromatic heterocycles. The highest BCUT2D eigenvalue weighted by Gasteiger charge is 2.13. The van der Waals surface area contributed by atoms with Gasteiger partial charge in [-0.15, -0.1) is 0 Å². The van der Waals surface area contributed by atoms with E-state index in [0.717, 1.165) is 30.7 Å². The van der Waals surface area contributed by atoms with E-state index in [-0.39, 0.29) is 0 Å². The van der Waals surface area contributed by atoms with Crippen LogP contribution in [0.25, 0.3) is 0 Å². The molecule has 17 heavy (non-hydrogen) atoms. The van der Waals surface area contributed by atoms with Crippen LogP contribution in [0.2, 0.25) is 0 Å². The molecule has 1 unspecified atom stereocenters. The molecule has 0 aliphatic carbocycles. The van der Waals surface area contributed by atoms with Gasteiger partial charge >= 0.3 is 0 Å². The first kappa shape index (κ1) is 13.1. The van der Waals surface area contributed by atoms with Crippen molar-refractivity contribution < 1.29 is 4.74 Å². The fraction of sp³-hybridized carbons (Fsp3) is 0.538. The fourth-order valence-electron chi connectivity index (χ4n) is 1.68. The van der Waals surface area contributed by atoms with Gasteiger partial charge in [0.25, 0.3) is 0 Å². The van der Waals surface area contributed by atoms with Crippen molar-refractivity contribution in [1.82, 2.24) is 5.32 Å². The topological polar surface area (TPSA) is 21.3 Å². The summed E-state index contributed by atoms with van der Waals surface area (Å²) in [5.74, 6) is 4.87. The molecule has 1 aliphatic rings. The Bertz CT molecular complexity index is 302. The highest BCUT2D eigenvalue weighted by Crippen LogP contribution is 2.23. The lowest BCUT2D eigenvalue weighted by atomic mass is 10.3. The molecule has 1 N–H and O–H groups in total. The SMILES string of the molecule is c1ccc(OCCNCC2CSCCS2)cc1. The maximum atomic E-state index is 5.62. The normalized spacial score (nSPS) is 20.1. The molecule has 0 bridgehead atoms. The zero-order valence-electron chi connectivity index (χ0n) is 9.93. The van der Waals surface area contributed by atoms with Crippen molar-refractivity contribution in [3.63, 3.8) is 0 Å². The van der Waals surface area contributed by atoms with Crippen molar-refractivity contribution in [2.45, 2.75) is 5.25 Å². The van der Waals surface area contributed by atoms with Gasteiger partial charge in [0.15, 0.2) is 0 Å². The molecular weight excluding hydrogens is 250 g/mol. The lowest BCUT2D eigenvalue weighted by Gasteiger charge is -2.21. The van der Waals surface area contributed by atoms with Crippen molar-refractivity contribution in [3.8, 4) is 5.75 Å². The van der Waals surface area contributed by atoms with E-state index in [1.807, 2.05) is 30.3 Å². The van der Waals surface area contributed by atoms with E-state index < -0.39 is 0 Å². The summed E-state index contributed by atoms with van der Waals surface area (Å²) >= 11 is 4.17. The Balaban J connectivity index is 1.51. The van der Waals surface area contributed by atoms with Gasteiger partial charge < -0.3 is 10.1 Å². The number of hydrogen-bond acceptors (Lipinski definition) is 4. The second kappa shape index (κ2) is 7.90. The van der Waals surface area contributed by atoms with Crippen LogP contribution in [0.15, 0.2) is 30.3 Å². The van der Waals surface area contributed by atoms with Crippen molar-refractivity contribution in [1.29, 1.82) is 0 Å². The third-order valence-corrected chi connectivity index (χ3v) is 5.39. The lowest BCUT2D eigenvalue weighted by molar-refractivity contribution is 0.314. The van der Waals surface area contributed by atoms with Crippen LogP contribution in [0.1, 0.15) is 0 Å². The van der Waals surface area contributed by atoms with Crippen LogP contribution in [0.4, 0.5) is 0 Å². The molecule has 1 saturated heterocycles. The third kappa shape index (κ3) is 5.23. The van der Waals surface area contributed by atoms with E-state index in [1.165, 1.54) is 17.3 Å².